The fraction of sp³-hybridized carbons (Fsp3) is 0.348. The number of nitrogens with zero attached hydrogens (tertiary/aromatic N) is 3. The molecule has 5 rings (SSSR count). The summed E-state index contributed by atoms with van der Waals surface area (Å²) in [6, 6.07) is 10.2. The van der Waals surface area contributed by atoms with Crippen molar-refractivity contribution in [1.82, 2.24) is 4.90 Å². The Morgan fingerprint density at radius 2 is 1.78 bits per heavy atom. The lowest BCUT2D eigenvalue weighted by Crippen LogP contribution is -2.46. The number of hydrogen-bond donors (Lipinski definition) is 0. The number of ketones is 1. The van der Waals surface area contributed by atoms with Crippen molar-refractivity contribution in [3.05, 3.63) is 68.7 Å². The summed E-state index contributed by atoms with van der Waals surface area (Å²) < 4.78 is 0. The van der Waals surface area contributed by atoms with Gasteiger partial charge >= 0.3 is 0 Å². The summed E-state index contributed by atoms with van der Waals surface area (Å²) in [7, 11) is 0. The van der Waals surface area contributed by atoms with Crippen LogP contribution < -0.4 is 4.90 Å². The number of carbonyl (C=O) groups excluding carboxylic acids is 3. The van der Waals surface area contributed by atoms with Gasteiger partial charge in [-0.1, -0.05) is 41.4 Å². The largest absolute Gasteiger partial charge is 0.292 e. The molecule has 3 fully saturated rings. The molecule has 3 saturated heterocycles. The van der Waals surface area contributed by atoms with Crippen LogP contribution in [0.4, 0.5) is 11.4 Å². The second-order valence-electron chi connectivity index (χ2n) is 8.58. The molecule has 0 aliphatic carbocycles. The molecule has 2 aromatic rings. The van der Waals surface area contributed by atoms with Gasteiger partial charge in [0.2, 0.25) is 11.8 Å². The molecule has 0 unspecified atom stereocenters. The van der Waals surface area contributed by atoms with Gasteiger partial charge in [-0.05, 0) is 38.4 Å². The molecule has 0 spiro atoms. The van der Waals surface area contributed by atoms with Crippen LogP contribution in [-0.4, -0.2) is 46.0 Å². The smallest absolute Gasteiger partial charge is 0.289 e. The van der Waals surface area contributed by atoms with Crippen molar-refractivity contribution in [2.24, 2.45) is 11.8 Å². The molecular formula is C23H20ClN3O5. The average Bonchev–Trinajstić information content (AvgIpc) is 3.41. The second-order valence-corrected chi connectivity index (χ2v) is 8.99. The summed E-state index contributed by atoms with van der Waals surface area (Å²) in [6.07, 6.45) is 1.58. The SMILES string of the molecule is Cc1ccc(C(=O)[C@H]2[C@@H]3C(=O)N(c4ccc(Cl)c([N+](=O)[O-])c4)C(=O)[C@@H]3[C@H]3CCCN32)cc1. The third-order valence-corrected chi connectivity index (χ3v) is 7.16. The third-order valence-electron chi connectivity index (χ3n) is 6.84. The predicted molar refractivity (Wildman–Crippen MR) is 117 cm³/mol. The number of carbonyl (C=O) groups is 3. The van der Waals surface area contributed by atoms with E-state index in [0.29, 0.717) is 12.1 Å². The lowest BCUT2D eigenvalue weighted by Gasteiger charge is -2.27. The molecule has 32 heavy (non-hydrogen) atoms. The van der Waals surface area contributed by atoms with Gasteiger partial charge < -0.3 is 0 Å². The topological polar surface area (TPSA) is 101 Å². The number of halogens is 1. The van der Waals surface area contributed by atoms with Crippen molar-refractivity contribution in [3.63, 3.8) is 0 Å². The van der Waals surface area contributed by atoms with E-state index in [0.717, 1.165) is 29.4 Å². The normalized spacial score (nSPS) is 27.0. The highest BCUT2D eigenvalue weighted by atomic mass is 35.5. The number of amides is 2. The Bertz CT molecular complexity index is 1160. The molecule has 8 nitrogen and oxygen atoms in total. The molecule has 3 aliphatic heterocycles. The molecule has 164 valence electrons. The highest BCUT2D eigenvalue weighted by Crippen LogP contribution is 2.49. The molecule has 0 aromatic heterocycles. The van der Waals surface area contributed by atoms with Crippen LogP contribution in [0.5, 0.6) is 0 Å². The van der Waals surface area contributed by atoms with Crippen LogP contribution in [0.2, 0.25) is 5.02 Å². The molecule has 3 aliphatic rings. The van der Waals surface area contributed by atoms with Gasteiger partial charge in [-0.2, -0.15) is 0 Å². The molecule has 2 amide bonds. The maximum absolute atomic E-state index is 13.5. The summed E-state index contributed by atoms with van der Waals surface area (Å²) in [6.45, 7) is 2.59. The first-order valence-corrected chi connectivity index (χ1v) is 10.9. The van der Waals surface area contributed by atoms with Gasteiger partial charge in [0, 0.05) is 17.7 Å². The Kier molecular flexibility index (Phi) is 4.87. The summed E-state index contributed by atoms with van der Waals surface area (Å²) >= 11 is 5.90. The zero-order chi connectivity index (χ0) is 22.7. The fourth-order valence-corrected chi connectivity index (χ4v) is 5.62. The van der Waals surface area contributed by atoms with E-state index in [-0.39, 0.29) is 28.2 Å². The van der Waals surface area contributed by atoms with Crippen LogP contribution in [0, 0.1) is 28.9 Å². The number of aryl methyl sites for hydroxylation is 1. The summed E-state index contributed by atoms with van der Waals surface area (Å²) in [4.78, 5) is 54.1. The number of Topliss-reactive ketones (excluding diaryl/α,β-unsaturated/α-hetero) is 1. The first kappa shape index (κ1) is 20.8. The number of hydrogen-bond acceptors (Lipinski definition) is 6. The highest BCUT2D eigenvalue weighted by Gasteiger charge is 2.64. The number of anilines is 1. The highest BCUT2D eigenvalue weighted by molar-refractivity contribution is 6.33. The van der Waals surface area contributed by atoms with Crippen LogP contribution in [0.15, 0.2) is 42.5 Å². The number of benzene rings is 2. The minimum Gasteiger partial charge on any atom is -0.292 e. The average molecular weight is 454 g/mol. The van der Waals surface area contributed by atoms with E-state index in [1.54, 1.807) is 12.1 Å². The van der Waals surface area contributed by atoms with E-state index in [2.05, 4.69) is 0 Å². The van der Waals surface area contributed by atoms with E-state index in [1.807, 2.05) is 24.0 Å². The van der Waals surface area contributed by atoms with Gasteiger partial charge in [-0.25, -0.2) is 4.90 Å². The van der Waals surface area contributed by atoms with Gasteiger partial charge in [-0.3, -0.25) is 29.4 Å². The number of nitro groups is 1. The maximum atomic E-state index is 13.5. The summed E-state index contributed by atoms with van der Waals surface area (Å²) in [5.74, 6) is -2.52. The van der Waals surface area contributed by atoms with E-state index in [1.165, 1.54) is 12.1 Å². The van der Waals surface area contributed by atoms with Crippen LogP contribution >= 0.6 is 11.6 Å². The van der Waals surface area contributed by atoms with Gasteiger partial charge in [0.1, 0.15) is 5.02 Å². The Morgan fingerprint density at radius 1 is 1.09 bits per heavy atom. The minimum absolute atomic E-state index is 0.0765. The minimum atomic E-state index is -0.809. The first-order valence-electron chi connectivity index (χ1n) is 10.5. The number of nitro benzene ring substituents is 1. The molecular weight excluding hydrogens is 434 g/mol. The van der Waals surface area contributed by atoms with Crippen LogP contribution in [0.25, 0.3) is 0 Å². The van der Waals surface area contributed by atoms with Crippen molar-refractivity contribution in [2.45, 2.75) is 31.8 Å². The van der Waals surface area contributed by atoms with Crippen molar-refractivity contribution < 1.29 is 19.3 Å². The lowest BCUT2D eigenvalue weighted by atomic mass is 9.85. The summed E-state index contributed by atoms with van der Waals surface area (Å²) in [5.41, 5.74) is 1.26. The Morgan fingerprint density at radius 3 is 2.47 bits per heavy atom. The molecule has 0 saturated carbocycles. The van der Waals surface area contributed by atoms with Gasteiger partial charge in [0.05, 0.1) is 28.5 Å². The van der Waals surface area contributed by atoms with Gasteiger partial charge in [-0.15, -0.1) is 0 Å². The Hall–Kier alpha value is -3.10. The zero-order valence-electron chi connectivity index (χ0n) is 17.2. The quantitative estimate of drug-likeness (QED) is 0.304. The number of imide groups is 1. The van der Waals surface area contributed by atoms with Crippen molar-refractivity contribution >= 4 is 40.6 Å². The maximum Gasteiger partial charge on any atom is 0.289 e. The predicted octanol–water partition coefficient (Wildman–Crippen LogP) is 3.39. The van der Waals surface area contributed by atoms with Crippen LogP contribution in [0.3, 0.4) is 0 Å². The Labute approximate surface area is 188 Å². The molecule has 2 aromatic carbocycles. The molecule has 3 heterocycles. The number of rotatable bonds is 4. The molecule has 4 atom stereocenters. The van der Waals surface area contributed by atoms with Crippen LogP contribution in [-0.2, 0) is 9.59 Å². The third kappa shape index (κ3) is 2.97. The van der Waals surface area contributed by atoms with Gasteiger partial charge in [0.15, 0.2) is 5.78 Å². The second kappa shape index (κ2) is 7.50. The van der Waals surface area contributed by atoms with Crippen molar-refractivity contribution in [2.75, 3.05) is 11.4 Å². The van der Waals surface area contributed by atoms with Crippen LogP contribution in [0.1, 0.15) is 28.8 Å². The summed E-state index contributed by atoms with van der Waals surface area (Å²) in [5, 5.41) is 11.2. The molecule has 0 N–H and O–H groups in total. The first-order chi connectivity index (χ1) is 15.3. The van der Waals surface area contributed by atoms with E-state index in [4.69, 9.17) is 11.6 Å². The van der Waals surface area contributed by atoms with E-state index >= 15 is 0 Å². The standard InChI is InChI=1S/C23H20ClN3O5/c1-12-4-6-13(7-5-12)21(28)20-19-18(16-3-2-10-25(16)20)22(29)26(23(19)30)14-8-9-15(24)17(11-14)27(31)32/h4-9,11,16,18-20H,2-3,10H2,1H3/t16-,18-,19-,20-/m1/s1. The Balaban J connectivity index is 1.55. The molecule has 0 bridgehead atoms. The monoisotopic (exact) mass is 453 g/mol. The van der Waals surface area contributed by atoms with Crippen molar-refractivity contribution in [1.29, 1.82) is 0 Å². The molecule has 9 heteroatoms. The van der Waals surface area contributed by atoms with Crippen molar-refractivity contribution in [3.8, 4) is 0 Å². The van der Waals surface area contributed by atoms with E-state index in [9.17, 15) is 24.5 Å². The molecule has 0 radical (unpaired) electrons. The lowest BCUT2D eigenvalue weighted by molar-refractivity contribution is -0.384. The fourth-order valence-electron chi connectivity index (χ4n) is 5.44. The van der Waals surface area contributed by atoms with E-state index < -0.39 is 34.6 Å². The van der Waals surface area contributed by atoms with Gasteiger partial charge in [0.25, 0.3) is 5.69 Å². The zero-order valence-corrected chi connectivity index (χ0v) is 18.0. The number of fused-ring (bicyclic) bond motifs is 3.